The molecule has 4 aromatic carbocycles. The summed E-state index contributed by atoms with van der Waals surface area (Å²) in [7, 11) is 0. The predicted molar refractivity (Wildman–Crippen MR) is 317 cm³/mol. The second-order valence-electron chi connectivity index (χ2n) is 21.5. The Morgan fingerprint density at radius 2 is 0.466 bits per heavy atom. The molecule has 0 spiro atoms. The molecular formula is C67H110O6. The molecule has 0 N–H and O–H groups in total. The highest BCUT2D eigenvalue weighted by Crippen LogP contribution is 2.50. The van der Waals surface area contributed by atoms with E-state index in [0.717, 1.165) is 91.2 Å². The molecule has 0 heterocycles. The molecule has 4 aromatic rings. The van der Waals surface area contributed by atoms with E-state index in [9.17, 15) is 0 Å². The standard InChI is InChI=1S/C67H110O6/c1-8-15-22-29-36-43-55-66-59-53-64(71-47-40-33-26-19-12-5)63(70-46-39-32-25-18-11-4)51-57(59)56-50-61(68-44-37-30-23-16-9-2)62(69-45-38-31-24-17-10-3)52-58(56)60(66)54-65(72-48-41-34-27-20-13-6)67(55)73-49-42-35-28-21-14-7/h50-54H,8-49H2,1-7H3. The van der Waals surface area contributed by atoms with E-state index >= 15 is 0 Å². The van der Waals surface area contributed by atoms with Crippen molar-refractivity contribution in [2.75, 3.05) is 39.6 Å². The molecular weight excluding hydrogens is 901 g/mol. The van der Waals surface area contributed by atoms with E-state index in [2.05, 4.69) is 78.8 Å². The lowest BCUT2D eigenvalue weighted by Crippen LogP contribution is -2.07. The van der Waals surface area contributed by atoms with Crippen molar-refractivity contribution in [2.45, 2.75) is 280 Å². The van der Waals surface area contributed by atoms with Crippen LogP contribution in [0.15, 0.2) is 30.3 Å². The van der Waals surface area contributed by atoms with Crippen LogP contribution in [0.5, 0.6) is 34.5 Å². The van der Waals surface area contributed by atoms with Crippen molar-refractivity contribution >= 4 is 32.3 Å². The number of benzene rings is 4. The Balaban J connectivity index is 2.06. The van der Waals surface area contributed by atoms with Gasteiger partial charge in [-0.05, 0) is 114 Å². The first kappa shape index (κ1) is 62.0. The van der Waals surface area contributed by atoms with Crippen molar-refractivity contribution in [3.63, 3.8) is 0 Å². The average molecular weight is 1010 g/mol. The van der Waals surface area contributed by atoms with Crippen LogP contribution in [0.1, 0.15) is 279 Å². The number of aryl methyl sites for hydroxylation is 1. The molecule has 0 bridgehead atoms. The fourth-order valence-corrected chi connectivity index (χ4v) is 10.4. The van der Waals surface area contributed by atoms with Crippen LogP contribution in [0.25, 0.3) is 32.3 Å². The van der Waals surface area contributed by atoms with Gasteiger partial charge in [0, 0.05) is 5.56 Å². The van der Waals surface area contributed by atoms with Crippen LogP contribution in [0.2, 0.25) is 0 Å². The topological polar surface area (TPSA) is 55.4 Å². The minimum absolute atomic E-state index is 0.674. The Labute approximate surface area is 448 Å². The summed E-state index contributed by atoms with van der Waals surface area (Å²) in [4.78, 5) is 0. The Kier molecular flexibility index (Phi) is 33.8. The Morgan fingerprint density at radius 3 is 0.781 bits per heavy atom. The molecule has 73 heavy (non-hydrogen) atoms. The van der Waals surface area contributed by atoms with Gasteiger partial charge in [0.25, 0.3) is 0 Å². The van der Waals surface area contributed by atoms with Crippen LogP contribution in [0.3, 0.4) is 0 Å². The highest BCUT2D eigenvalue weighted by atomic mass is 16.5. The minimum atomic E-state index is 0.674. The molecule has 6 nitrogen and oxygen atoms in total. The summed E-state index contributed by atoms with van der Waals surface area (Å²) in [5.74, 6) is 5.21. The summed E-state index contributed by atoms with van der Waals surface area (Å²) in [5, 5.41) is 7.12. The molecule has 0 unspecified atom stereocenters. The van der Waals surface area contributed by atoms with Crippen LogP contribution in [0.4, 0.5) is 0 Å². The van der Waals surface area contributed by atoms with E-state index in [0.29, 0.717) is 39.6 Å². The maximum absolute atomic E-state index is 7.14. The molecule has 6 heteroatoms. The fraction of sp³-hybridized carbons (Fsp3) is 0.731. The van der Waals surface area contributed by atoms with E-state index < -0.39 is 0 Å². The zero-order chi connectivity index (χ0) is 52.0. The molecule has 414 valence electrons. The summed E-state index contributed by atoms with van der Waals surface area (Å²) in [6.45, 7) is 20.1. The van der Waals surface area contributed by atoms with Crippen LogP contribution < -0.4 is 28.4 Å². The molecule has 0 atom stereocenters. The summed E-state index contributed by atoms with van der Waals surface area (Å²) in [5.41, 5.74) is 1.27. The molecule has 0 radical (unpaired) electrons. The predicted octanol–water partition coefficient (Wildman–Crippen LogP) is 21.8. The van der Waals surface area contributed by atoms with Crippen molar-refractivity contribution in [1.82, 2.24) is 0 Å². The van der Waals surface area contributed by atoms with Gasteiger partial charge in [0.15, 0.2) is 34.5 Å². The lowest BCUT2D eigenvalue weighted by Gasteiger charge is -2.23. The van der Waals surface area contributed by atoms with Gasteiger partial charge in [-0.1, -0.05) is 228 Å². The molecule has 0 fully saturated rings. The summed E-state index contributed by atoms with van der Waals surface area (Å²) < 4.78 is 41.6. The second kappa shape index (κ2) is 39.8. The third kappa shape index (κ3) is 22.7. The number of hydrogen-bond donors (Lipinski definition) is 0. The molecule has 4 rings (SSSR count). The van der Waals surface area contributed by atoms with E-state index in [4.69, 9.17) is 28.4 Å². The van der Waals surface area contributed by atoms with E-state index in [1.807, 2.05) is 0 Å². The lowest BCUT2D eigenvalue weighted by molar-refractivity contribution is 0.257. The van der Waals surface area contributed by atoms with Gasteiger partial charge in [-0.15, -0.1) is 0 Å². The molecule has 0 aliphatic heterocycles. The summed E-state index contributed by atoms with van der Waals surface area (Å²) in [6.07, 6.45) is 42.7. The van der Waals surface area contributed by atoms with Gasteiger partial charge < -0.3 is 28.4 Å². The van der Waals surface area contributed by atoms with Gasteiger partial charge in [0.05, 0.1) is 39.6 Å². The van der Waals surface area contributed by atoms with Crippen molar-refractivity contribution in [3.05, 3.63) is 35.9 Å². The van der Waals surface area contributed by atoms with E-state index in [1.165, 1.54) is 212 Å². The molecule has 0 saturated carbocycles. The number of unbranched alkanes of at least 4 members (excludes halogenated alkanes) is 28. The average Bonchev–Trinajstić information content (AvgIpc) is 3.40. The first-order chi connectivity index (χ1) is 36.1. The van der Waals surface area contributed by atoms with Gasteiger partial charge in [-0.2, -0.15) is 0 Å². The third-order valence-corrected chi connectivity index (χ3v) is 14.9. The largest absolute Gasteiger partial charge is 0.490 e. The van der Waals surface area contributed by atoms with Crippen molar-refractivity contribution in [3.8, 4) is 34.5 Å². The quantitative estimate of drug-likeness (QED) is 0.0325. The maximum Gasteiger partial charge on any atom is 0.165 e. The Morgan fingerprint density at radius 1 is 0.233 bits per heavy atom. The number of fused-ring (bicyclic) bond motifs is 6. The Hall–Kier alpha value is -3.54. The van der Waals surface area contributed by atoms with Crippen LogP contribution in [0, 0.1) is 0 Å². The maximum atomic E-state index is 7.14. The molecule has 0 amide bonds. The summed E-state index contributed by atoms with van der Waals surface area (Å²) in [6, 6.07) is 11.6. The van der Waals surface area contributed by atoms with Crippen molar-refractivity contribution in [1.29, 1.82) is 0 Å². The van der Waals surface area contributed by atoms with Crippen LogP contribution in [-0.2, 0) is 6.42 Å². The molecule has 0 aliphatic rings. The van der Waals surface area contributed by atoms with E-state index in [1.54, 1.807) is 0 Å². The van der Waals surface area contributed by atoms with Gasteiger partial charge in [0.2, 0.25) is 0 Å². The smallest absolute Gasteiger partial charge is 0.165 e. The van der Waals surface area contributed by atoms with Crippen molar-refractivity contribution < 1.29 is 28.4 Å². The second-order valence-corrected chi connectivity index (χ2v) is 21.5. The van der Waals surface area contributed by atoms with Crippen LogP contribution >= 0.6 is 0 Å². The van der Waals surface area contributed by atoms with Gasteiger partial charge >= 0.3 is 0 Å². The first-order valence-corrected chi connectivity index (χ1v) is 31.4. The first-order valence-electron chi connectivity index (χ1n) is 31.4. The van der Waals surface area contributed by atoms with E-state index in [-0.39, 0.29) is 0 Å². The molecule has 0 saturated heterocycles. The lowest BCUT2D eigenvalue weighted by atomic mass is 9.88. The van der Waals surface area contributed by atoms with Crippen LogP contribution in [-0.4, -0.2) is 39.6 Å². The third-order valence-electron chi connectivity index (χ3n) is 14.9. The fourth-order valence-electron chi connectivity index (χ4n) is 10.4. The van der Waals surface area contributed by atoms with Gasteiger partial charge in [0.1, 0.15) is 0 Å². The minimum Gasteiger partial charge on any atom is -0.490 e. The monoisotopic (exact) mass is 1010 g/mol. The SMILES string of the molecule is CCCCCCCOc1cc2c3cc(OCCCCCCC)c(OCCCCCCC)cc3c3c(CCCCCCC)c(OCCCCCCC)c(OCCCCCCC)cc3c2cc1OCCCCCCC. The van der Waals surface area contributed by atoms with Crippen molar-refractivity contribution in [2.24, 2.45) is 0 Å². The van der Waals surface area contributed by atoms with Gasteiger partial charge in [-0.3, -0.25) is 0 Å². The highest BCUT2D eigenvalue weighted by Gasteiger charge is 2.24. The Bertz CT molecular complexity index is 1960. The van der Waals surface area contributed by atoms with Gasteiger partial charge in [-0.25, -0.2) is 0 Å². The zero-order valence-corrected chi connectivity index (χ0v) is 48.5. The summed E-state index contributed by atoms with van der Waals surface area (Å²) >= 11 is 0. The molecule has 0 aromatic heterocycles. The highest BCUT2D eigenvalue weighted by molar-refractivity contribution is 6.27. The molecule has 0 aliphatic carbocycles. The number of ether oxygens (including phenoxy) is 6. The zero-order valence-electron chi connectivity index (χ0n) is 48.5. The number of rotatable bonds is 48. The normalized spacial score (nSPS) is 11.6. The number of hydrogen-bond acceptors (Lipinski definition) is 6.